The first-order valence-corrected chi connectivity index (χ1v) is 11.3. The summed E-state index contributed by atoms with van der Waals surface area (Å²) in [5.41, 5.74) is 0.126. The molecule has 1 heterocycles. The second kappa shape index (κ2) is 10.4. The van der Waals surface area contributed by atoms with E-state index in [9.17, 15) is 20.0 Å². The third-order valence-electron chi connectivity index (χ3n) is 5.40. The number of ether oxygens (including phenoxy) is 2. The molecule has 0 unspecified atom stereocenters. The van der Waals surface area contributed by atoms with E-state index < -0.39 is 23.6 Å². The predicted octanol–water partition coefficient (Wildman–Crippen LogP) is 5.03. The Morgan fingerprint density at radius 3 is 2.56 bits per heavy atom. The van der Waals surface area contributed by atoms with Gasteiger partial charge in [0.1, 0.15) is 23.6 Å². The number of carbonyl (C=O) groups excluding carboxylic acids is 1. The van der Waals surface area contributed by atoms with Crippen LogP contribution in [-0.2, 0) is 4.79 Å². The number of rotatable bonds is 9. The van der Waals surface area contributed by atoms with Crippen LogP contribution in [0.3, 0.4) is 0 Å². The average Bonchev–Trinajstić information content (AvgIpc) is 3.60. The molecule has 34 heavy (non-hydrogen) atoms. The number of aromatic nitrogens is 1. The van der Waals surface area contributed by atoms with Crippen LogP contribution in [0.4, 0.5) is 10.5 Å². The lowest BCUT2D eigenvalue weighted by Gasteiger charge is -2.38. The van der Waals surface area contributed by atoms with E-state index in [-0.39, 0.29) is 0 Å². The van der Waals surface area contributed by atoms with Crippen molar-refractivity contribution in [2.45, 2.75) is 58.5 Å². The molecule has 3 rings (SSSR count). The summed E-state index contributed by atoms with van der Waals surface area (Å²) < 4.78 is 11.6. The second-order valence-corrected chi connectivity index (χ2v) is 9.25. The van der Waals surface area contributed by atoms with Crippen LogP contribution in [0.5, 0.6) is 17.4 Å². The Morgan fingerprint density at radius 2 is 2.03 bits per heavy atom. The molecule has 2 aromatic rings. The van der Waals surface area contributed by atoms with E-state index in [0.717, 1.165) is 17.7 Å². The third-order valence-corrected chi connectivity index (χ3v) is 5.40. The average molecular weight is 467 g/mol. The minimum absolute atomic E-state index is 0.296. The van der Waals surface area contributed by atoms with Crippen LogP contribution in [0.2, 0.25) is 0 Å². The fraction of sp³-hybridized carbons (Fsp3) is 0.440. The summed E-state index contributed by atoms with van der Waals surface area (Å²) in [5.74, 6) is 1.37. The highest BCUT2D eigenvalue weighted by Crippen LogP contribution is 2.32. The minimum Gasteiger partial charge on any atom is -0.492 e. The van der Waals surface area contributed by atoms with Crippen molar-refractivity contribution in [1.29, 1.82) is 5.26 Å². The Hall–Kier alpha value is -3.80. The Kier molecular flexibility index (Phi) is 7.61. The van der Waals surface area contributed by atoms with E-state index in [0.29, 0.717) is 47.6 Å². The fourth-order valence-electron chi connectivity index (χ4n) is 3.50. The van der Waals surface area contributed by atoms with E-state index in [1.807, 2.05) is 0 Å². The summed E-state index contributed by atoms with van der Waals surface area (Å²) in [6, 6.07) is 9.46. The van der Waals surface area contributed by atoms with Crippen molar-refractivity contribution in [2.75, 3.05) is 11.9 Å². The summed E-state index contributed by atoms with van der Waals surface area (Å²) in [6.45, 7) is 7.59. The first-order valence-electron chi connectivity index (χ1n) is 11.3. The SMILES string of the molecule is CC[C@H](C(=O)Nc1ccc(Oc2ccc(C#N)c(OCC3CC3)c2)nc1)N(C(=O)O)C(C)(C)C. The number of nitriles is 1. The molecular formula is C25H30N4O5. The summed E-state index contributed by atoms with van der Waals surface area (Å²) in [7, 11) is 0. The van der Waals surface area contributed by atoms with Gasteiger partial charge in [-0.15, -0.1) is 0 Å². The number of hydrogen-bond donors (Lipinski definition) is 2. The molecule has 2 N–H and O–H groups in total. The highest BCUT2D eigenvalue weighted by molar-refractivity contribution is 5.96. The molecule has 0 aliphatic heterocycles. The Morgan fingerprint density at radius 1 is 1.29 bits per heavy atom. The van der Waals surface area contributed by atoms with Crippen LogP contribution in [0.1, 0.15) is 52.5 Å². The molecule has 1 aliphatic carbocycles. The number of anilines is 1. The van der Waals surface area contributed by atoms with E-state index in [4.69, 9.17) is 9.47 Å². The van der Waals surface area contributed by atoms with Gasteiger partial charge >= 0.3 is 6.09 Å². The second-order valence-electron chi connectivity index (χ2n) is 9.25. The lowest BCUT2D eigenvalue weighted by Crippen LogP contribution is -2.55. The molecule has 1 fully saturated rings. The van der Waals surface area contributed by atoms with Crippen LogP contribution in [-0.4, -0.2) is 45.2 Å². The molecule has 0 radical (unpaired) electrons. The van der Waals surface area contributed by atoms with E-state index in [2.05, 4.69) is 16.4 Å². The molecule has 2 amide bonds. The van der Waals surface area contributed by atoms with Crippen LogP contribution in [0, 0.1) is 17.2 Å². The highest BCUT2D eigenvalue weighted by Gasteiger charge is 2.36. The topological polar surface area (TPSA) is 125 Å². The number of nitrogens with zero attached hydrogens (tertiary/aromatic N) is 3. The zero-order chi connectivity index (χ0) is 24.9. The van der Waals surface area contributed by atoms with Gasteiger partial charge in [0, 0.05) is 17.7 Å². The maximum atomic E-state index is 12.8. The first-order chi connectivity index (χ1) is 16.1. The van der Waals surface area contributed by atoms with Crippen molar-refractivity contribution in [2.24, 2.45) is 5.92 Å². The lowest BCUT2D eigenvalue weighted by molar-refractivity contribution is -0.122. The predicted molar refractivity (Wildman–Crippen MR) is 126 cm³/mol. The quantitative estimate of drug-likeness (QED) is 0.531. The molecule has 0 saturated heterocycles. The van der Waals surface area contributed by atoms with Gasteiger partial charge in [0.2, 0.25) is 11.8 Å². The van der Waals surface area contributed by atoms with Crippen LogP contribution < -0.4 is 14.8 Å². The number of hydrogen-bond acceptors (Lipinski definition) is 6. The molecular weight excluding hydrogens is 436 g/mol. The van der Waals surface area contributed by atoms with Gasteiger partial charge in [-0.05, 0) is 64.2 Å². The molecule has 1 aliphatic rings. The van der Waals surface area contributed by atoms with Crippen molar-refractivity contribution < 1.29 is 24.2 Å². The zero-order valence-corrected chi connectivity index (χ0v) is 19.9. The summed E-state index contributed by atoms with van der Waals surface area (Å²) >= 11 is 0. The summed E-state index contributed by atoms with van der Waals surface area (Å²) in [5, 5.41) is 21.6. The van der Waals surface area contributed by atoms with Gasteiger partial charge in [-0.2, -0.15) is 5.26 Å². The van der Waals surface area contributed by atoms with Crippen LogP contribution >= 0.6 is 0 Å². The third kappa shape index (κ3) is 6.38. The number of benzene rings is 1. The summed E-state index contributed by atoms with van der Waals surface area (Å²) in [6.07, 6.45) is 2.91. The largest absolute Gasteiger partial charge is 0.492 e. The van der Waals surface area contributed by atoms with Crippen molar-refractivity contribution in [3.63, 3.8) is 0 Å². The van der Waals surface area contributed by atoms with Gasteiger partial charge in [0.15, 0.2) is 0 Å². The molecule has 0 spiro atoms. The maximum absolute atomic E-state index is 12.8. The maximum Gasteiger partial charge on any atom is 0.408 e. The van der Waals surface area contributed by atoms with E-state index >= 15 is 0 Å². The standard InChI is InChI=1S/C25H30N4O5/c1-5-20(29(24(31)32)25(2,3)4)23(30)28-18-9-11-22(27-14-18)34-19-10-8-17(13-26)21(12-19)33-15-16-6-7-16/h8-12,14,16,20H,5-7,15H2,1-4H3,(H,28,30)(H,31,32)/t20-/m1/s1. The minimum atomic E-state index is -1.15. The molecule has 1 aromatic carbocycles. The molecule has 9 nitrogen and oxygen atoms in total. The molecule has 180 valence electrons. The number of carbonyl (C=O) groups is 2. The van der Waals surface area contributed by atoms with Gasteiger partial charge in [0.25, 0.3) is 0 Å². The summed E-state index contributed by atoms with van der Waals surface area (Å²) in [4.78, 5) is 29.9. The number of amides is 2. The Labute approximate surface area is 199 Å². The molecule has 0 bridgehead atoms. The Bertz CT molecular complexity index is 1070. The van der Waals surface area contributed by atoms with Crippen molar-refractivity contribution in [3.8, 4) is 23.4 Å². The van der Waals surface area contributed by atoms with Gasteiger partial charge in [-0.25, -0.2) is 9.78 Å². The number of carboxylic acid groups (broad SMARTS) is 1. The monoisotopic (exact) mass is 466 g/mol. The van der Waals surface area contributed by atoms with Gasteiger partial charge < -0.3 is 19.9 Å². The molecule has 1 atom stereocenters. The highest BCUT2D eigenvalue weighted by atomic mass is 16.5. The fourth-order valence-corrected chi connectivity index (χ4v) is 3.50. The molecule has 1 saturated carbocycles. The van der Waals surface area contributed by atoms with Crippen molar-refractivity contribution in [1.82, 2.24) is 9.88 Å². The van der Waals surface area contributed by atoms with Crippen molar-refractivity contribution >= 4 is 17.7 Å². The lowest BCUT2D eigenvalue weighted by atomic mass is 10.0. The van der Waals surface area contributed by atoms with Gasteiger partial charge in [-0.3, -0.25) is 9.69 Å². The van der Waals surface area contributed by atoms with Crippen molar-refractivity contribution in [3.05, 3.63) is 42.1 Å². The van der Waals surface area contributed by atoms with Crippen LogP contribution in [0.15, 0.2) is 36.5 Å². The zero-order valence-electron chi connectivity index (χ0n) is 19.9. The molecule has 1 aromatic heterocycles. The molecule has 9 heteroatoms. The normalized spacial score (nSPS) is 14.0. The van der Waals surface area contributed by atoms with Crippen LogP contribution in [0.25, 0.3) is 0 Å². The number of nitrogens with one attached hydrogen (secondary N) is 1. The van der Waals surface area contributed by atoms with E-state index in [1.165, 1.54) is 6.20 Å². The van der Waals surface area contributed by atoms with E-state index in [1.54, 1.807) is 58.0 Å². The van der Waals surface area contributed by atoms with Gasteiger partial charge in [-0.1, -0.05) is 6.92 Å². The Balaban J connectivity index is 1.66. The number of pyridine rings is 1. The first kappa shape index (κ1) is 24.8. The van der Waals surface area contributed by atoms with Gasteiger partial charge in [0.05, 0.1) is 24.1 Å². The smallest absolute Gasteiger partial charge is 0.408 e.